The number of likely N-dealkylation sites (N-methyl/N-ethyl adjacent to an activating group) is 1. The van der Waals surface area contributed by atoms with Crippen LogP contribution in [0.3, 0.4) is 0 Å². The number of phosphoric ester groups is 1. The molecule has 0 fully saturated rings. The van der Waals surface area contributed by atoms with Gasteiger partial charge in [0.2, 0.25) is 5.91 Å². The number of rotatable bonds is 38. The predicted molar refractivity (Wildman–Crippen MR) is 226 cm³/mol. The van der Waals surface area contributed by atoms with E-state index in [0.717, 1.165) is 32.1 Å². The maximum atomic E-state index is 12.8. The topological polar surface area (TPSA) is 105 Å². The first kappa shape index (κ1) is 51.5. The fourth-order valence-corrected chi connectivity index (χ4v) is 6.55. The highest BCUT2D eigenvalue weighted by molar-refractivity contribution is 7.47. The van der Waals surface area contributed by atoms with Crippen LogP contribution in [0.25, 0.3) is 0 Å². The molecule has 53 heavy (non-hydrogen) atoms. The van der Waals surface area contributed by atoms with E-state index in [9.17, 15) is 19.4 Å². The molecule has 0 spiro atoms. The Morgan fingerprint density at radius 3 is 1.62 bits per heavy atom. The van der Waals surface area contributed by atoms with Crippen LogP contribution in [0.5, 0.6) is 0 Å². The van der Waals surface area contributed by atoms with Gasteiger partial charge in [-0.1, -0.05) is 165 Å². The molecule has 0 rings (SSSR count). The van der Waals surface area contributed by atoms with E-state index in [-0.39, 0.29) is 25.5 Å². The molecule has 0 aromatic carbocycles. The minimum atomic E-state index is -4.36. The quantitative estimate of drug-likeness (QED) is 0.0250. The van der Waals surface area contributed by atoms with Crippen LogP contribution in [0.15, 0.2) is 48.6 Å². The Balaban J connectivity index is 4.58. The fourth-order valence-electron chi connectivity index (χ4n) is 5.81. The molecule has 0 aromatic heterocycles. The van der Waals surface area contributed by atoms with Gasteiger partial charge in [0, 0.05) is 6.42 Å². The van der Waals surface area contributed by atoms with Crippen LogP contribution >= 0.6 is 7.82 Å². The van der Waals surface area contributed by atoms with Crippen molar-refractivity contribution in [3.8, 4) is 0 Å². The number of amides is 1. The number of nitrogens with one attached hydrogen (secondary N) is 1. The van der Waals surface area contributed by atoms with Crippen molar-refractivity contribution in [2.75, 3.05) is 40.9 Å². The van der Waals surface area contributed by atoms with Crippen LogP contribution in [0.4, 0.5) is 0 Å². The molecule has 0 aliphatic rings. The summed E-state index contributed by atoms with van der Waals surface area (Å²) in [5.74, 6) is -0.256. The second kappa shape index (κ2) is 36.1. The summed E-state index contributed by atoms with van der Waals surface area (Å²) in [6, 6.07) is -0.892. The molecular formula is C44H84N2O6P+. The van der Waals surface area contributed by atoms with Crippen molar-refractivity contribution in [3.05, 3.63) is 48.6 Å². The highest BCUT2D eigenvalue weighted by Gasteiger charge is 2.27. The van der Waals surface area contributed by atoms with Gasteiger partial charge in [-0.05, 0) is 51.4 Å². The molecule has 1 amide bonds. The molecule has 0 saturated heterocycles. The van der Waals surface area contributed by atoms with Crippen molar-refractivity contribution in [2.24, 2.45) is 0 Å². The molecule has 3 N–H and O–H groups in total. The average Bonchev–Trinajstić information content (AvgIpc) is 3.10. The summed E-state index contributed by atoms with van der Waals surface area (Å²) in [4.78, 5) is 23.0. The van der Waals surface area contributed by atoms with Crippen molar-refractivity contribution in [1.82, 2.24) is 5.32 Å². The van der Waals surface area contributed by atoms with Crippen molar-refractivity contribution in [3.63, 3.8) is 0 Å². The molecule has 0 bridgehead atoms. The molecule has 0 saturated carbocycles. The van der Waals surface area contributed by atoms with E-state index in [1.54, 1.807) is 6.08 Å². The Bertz CT molecular complexity index is 1010. The highest BCUT2D eigenvalue weighted by Crippen LogP contribution is 2.43. The first-order valence-corrected chi connectivity index (χ1v) is 23.0. The second-order valence-electron chi connectivity index (χ2n) is 15.7. The van der Waals surface area contributed by atoms with Crippen molar-refractivity contribution in [2.45, 2.75) is 187 Å². The van der Waals surface area contributed by atoms with Gasteiger partial charge in [-0.3, -0.25) is 13.8 Å². The first-order chi connectivity index (χ1) is 25.5. The summed E-state index contributed by atoms with van der Waals surface area (Å²) in [7, 11) is 1.52. The zero-order valence-electron chi connectivity index (χ0n) is 35.0. The van der Waals surface area contributed by atoms with Gasteiger partial charge in [0.15, 0.2) is 0 Å². The third kappa shape index (κ3) is 38.5. The van der Waals surface area contributed by atoms with Gasteiger partial charge in [-0.15, -0.1) is 0 Å². The third-order valence-corrected chi connectivity index (χ3v) is 10.3. The normalized spacial score (nSPS) is 14.9. The number of aliphatic hydroxyl groups is 1. The fraction of sp³-hybridized carbons (Fsp3) is 0.795. The van der Waals surface area contributed by atoms with Crippen molar-refractivity contribution in [1.29, 1.82) is 0 Å². The molecular weight excluding hydrogens is 683 g/mol. The smallest absolute Gasteiger partial charge is 0.387 e. The maximum Gasteiger partial charge on any atom is 0.472 e. The Kier molecular flexibility index (Phi) is 35.1. The third-order valence-electron chi connectivity index (χ3n) is 9.28. The number of hydrogen-bond donors (Lipinski definition) is 3. The monoisotopic (exact) mass is 768 g/mol. The van der Waals surface area contributed by atoms with Gasteiger partial charge in [0.25, 0.3) is 0 Å². The lowest BCUT2D eigenvalue weighted by molar-refractivity contribution is -0.870. The maximum absolute atomic E-state index is 12.8. The lowest BCUT2D eigenvalue weighted by Crippen LogP contribution is -2.45. The summed E-state index contributed by atoms with van der Waals surface area (Å²) in [5, 5.41) is 13.7. The van der Waals surface area contributed by atoms with E-state index in [4.69, 9.17) is 9.05 Å². The molecule has 0 radical (unpaired) electrons. The first-order valence-electron chi connectivity index (χ1n) is 21.5. The molecule has 0 aliphatic heterocycles. The minimum Gasteiger partial charge on any atom is -0.387 e. The number of carbonyl (C=O) groups is 1. The van der Waals surface area contributed by atoms with E-state index >= 15 is 0 Å². The Labute approximate surface area is 327 Å². The van der Waals surface area contributed by atoms with E-state index < -0.39 is 20.0 Å². The van der Waals surface area contributed by atoms with E-state index in [0.29, 0.717) is 17.4 Å². The number of nitrogens with zero attached hydrogens (tertiary/aromatic N) is 1. The number of hydrogen-bond acceptors (Lipinski definition) is 5. The van der Waals surface area contributed by atoms with Crippen LogP contribution in [0.1, 0.15) is 174 Å². The largest absolute Gasteiger partial charge is 0.472 e. The zero-order valence-corrected chi connectivity index (χ0v) is 35.9. The summed E-state index contributed by atoms with van der Waals surface area (Å²) < 4.78 is 23.5. The summed E-state index contributed by atoms with van der Waals surface area (Å²) in [6.45, 7) is 4.72. The van der Waals surface area contributed by atoms with Gasteiger partial charge in [0.1, 0.15) is 13.2 Å². The zero-order chi connectivity index (χ0) is 39.3. The lowest BCUT2D eigenvalue weighted by Gasteiger charge is -2.25. The van der Waals surface area contributed by atoms with Crippen LogP contribution in [0, 0.1) is 0 Å². The van der Waals surface area contributed by atoms with Gasteiger partial charge < -0.3 is 19.8 Å². The second-order valence-corrected chi connectivity index (χ2v) is 17.2. The molecule has 9 heteroatoms. The molecule has 3 atom stereocenters. The lowest BCUT2D eigenvalue weighted by atomic mass is 10.0. The van der Waals surface area contributed by atoms with Gasteiger partial charge in [0.05, 0.1) is 39.9 Å². The highest BCUT2D eigenvalue weighted by atomic mass is 31.2. The molecule has 310 valence electrons. The number of unbranched alkanes of at least 4 members (excludes halogenated alkanes) is 19. The van der Waals surface area contributed by atoms with Crippen LogP contribution < -0.4 is 5.32 Å². The van der Waals surface area contributed by atoms with Crippen LogP contribution in [-0.4, -0.2) is 73.4 Å². The molecule has 0 aliphatic carbocycles. The van der Waals surface area contributed by atoms with Crippen LogP contribution in [0.2, 0.25) is 0 Å². The van der Waals surface area contributed by atoms with Gasteiger partial charge in [-0.25, -0.2) is 4.57 Å². The van der Waals surface area contributed by atoms with E-state index in [1.807, 2.05) is 33.3 Å². The summed E-state index contributed by atoms with van der Waals surface area (Å²) in [5.41, 5.74) is 0. The standard InChI is InChI=1S/C44H83N2O6P/c1-6-8-10-12-14-16-18-20-21-22-23-24-26-27-29-31-33-35-37-43(47)42(41-52-53(49,50)51-40-39-46(3,4)5)45-44(48)38-36-34-32-30-28-25-19-17-15-13-11-9-7-2/h25,27-29,32,34-35,37,42-43,47H,6-24,26,30-31,33,36,38-41H2,1-5H3,(H-,45,48,49,50)/p+1/b28-25-,29-27+,34-32-,37-35+. The number of carbonyl (C=O) groups excluding carboxylic acids is 1. The predicted octanol–water partition coefficient (Wildman–Crippen LogP) is 11.7. The number of phosphoric acid groups is 1. The van der Waals surface area contributed by atoms with Crippen molar-refractivity contribution < 1.29 is 32.9 Å². The van der Waals surface area contributed by atoms with E-state index in [2.05, 4.69) is 49.5 Å². The van der Waals surface area contributed by atoms with E-state index in [1.165, 1.54) is 116 Å². The minimum absolute atomic E-state index is 0.0458. The van der Waals surface area contributed by atoms with Gasteiger partial charge >= 0.3 is 7.82 Å². The van der Waals surface area contributed by atoms with Crippen LogP contribution in [-0.2, 0) is 18.4 Å². The average molecular weight is 768 g/mol. The van der Waals surface area contributed by atoms with Crippen molar-refractivity contribution >= 4 is 13.7 Å². The summed E-state index contributed by atoms with van der Waals surface area (Å²) >= 11 is 0. The molecule has 0 aromatic rings. The number of aliphatic hydroxyl groups excluding tert-OH is 1. The van der Waals surface area contributed by atoms with Gasteiger partial charge in [-0.2, -0.15) is 0 Å². The summed E-state index contributed by atoms with van der Waals surface area (Å²) in [6.07, 6.45) is 44.9. The molecule has 8 nitrogen and oxygen atoms in total. The number of allylic oxidation sites excluding steroid dienone is 7. The Hall–Kier alpha value is -1.54. The Morgan fingerprint density at radius 1 is 0.642 bits per heavy atom. The Morgan fingerprint density at radius 2 is 1.09 bits per heavy atom. The number of quaternary nitrogens is 1. The molecule has 3 unspecified atom stereocenters. The SMILES string of the molecule is CCCCCCCC/C=C\C/C=C\CCC(=O)NC(COP(=O)(O)OCC[N+](C)(C)C)C(O)/C=C/CC/C=C/CCCCCCCCCCCCCC. The molecule has 0 heterocycles.